The maximum Gasteiger partial charge on any atom is 0.265 e. The number of anilines is 1. The number of carbonyl (C=O) groups is 1. The van der Waals surface area contributed by atoms with Crippen molar-refractivity contribution in [2.75, 3.05) is 31.0 Å². The summed E-state index contributed by atoms with van der Waals surface area (Å²) < 4.78 is 10.6. The predicted octanol–water partition coefficient (Wildman–Crippen LogP) is 2.30. The molecule has 0 unspecified atom stereocenters. The van der Waals surface area contributed by atoms with Gasteiger partial charge in [0.15, 0.2) is 6.61 Å². The average molecular weight is 270 g/mol. The minimum Gasteiger partial charge on any atom is -0.497 e. The molecule has 0 aromatic heterocycles. The highest BCUT2D eigenvalue weighted by molar-refractivity contribution is 6.18. The van der Waals surface area contributed by atoms with Crippen molar-refractivity contribution in [2.45, 2.75) is 6.92 Å². The fourth-order valence-electron chi connectivity index (χ4n) is 1.87. The number of halogens is 1. The maximum absolute atomic E-state index is 11.9. The lowest BCUT2D eigenvalue weighted by molar-refractivity contribution is -0.121. The van der Waals surface area contributed by atoms with Crippen LogP contribution in [0.5, 0.6) is 11.5 Å². The first-order valence-electron chi connectivity index (χ1n) is 5.83. The second kappa shape index (κ2) is 5.48. The van der Waals surface area contributed by atoms with Crippen LogP contribution in [0.3, 0.4) is 0 Å². The number of nitrogens with zero attached hydrogens (tertiary/aromatic N) is 1. The van der Waals surface area contributed by atoms with Crippen LogP contribution in [-0.2, 0) is 4.79 Å². The van der Waals surface area contributed by atoms with Gasteiger partial charge in [0.25, 0.3) is 5.91 Å². The largest absolute Gasteiger partial charge is 0.497 e. The summed E-state index contributed by atoms with van der Waals surface area (Å²) in [6.07, 6.45) is 0. The van der Waals surface area contributed by atoms with Gasteiger partial charge >= 0.3 is 0 Å². The molecule has 0 N–H and O–H groups in total. The number of alkyl halides is 1. The van der Waals surface area contributed by atoms with Gasteiger partial charge in [-0.15, -0.1) is 11.6 Å². The first kappa shape index (κ1) is 13.0. The molecular weight excluding hydrogens is 254 g/mol. The van der Waals surface area contributed by atoms with Crippen LogP contribution < -0.4 is 14.4 Å². The van der Waals surface area contributed by atoms with Crippen LogP contribution in [-0.4, -0.2) is 32.0 Å². The normalized spacial score (nSPS) is 15.9. The van der Waals surface area contributed by atoms with Crippen molar-refractivity contribution in [3.63, 3.8) is 0 Å². The van der Waals surface area contributed by atoms with Crippen molar-refractivity contribution < 1.29 is 14.3 Å². The van der Waals surface area contributed by atoms with Crippen LogP contribution in [0.4, 0.5) is 5.69 Å². The van der Waals surface area contributed by atoms with Gasteiger partial charge in [-0.25, -0.2) is 0 Å². The summed E-state index contributed by atoms with van der Waals surface area (Å²) >= 11 is 5.81. The van der Waals surface area contributed by atoms with Gasteiger partial charge in [0.05, 0.1) is 12.8 Å². The Hall–Kier alpha value is -1.42. The molecule has 2 rings (SSSR count). The molecule has 1 amide bonds. The van der Waals surface area contributed by atoms with E-state index in [0.717, 1.165) is 5.69 Å². The minimum absolute atomic E-state index is 0.0484. The quantitative estimate of drug-likeness (QED) is 0.788. The summed E-state index contributed by atoms with van der Waals surface area (Å²) in [5, 5.41) is 0. The Balaban J connectivity index is 2.32. The topological polar surface area (TPSA) is 38.8 Å². The van der Waals surface area contributed by atoms with Crippen LogP contribution in [0.15, 0.2) is 18.2 Å². The maximum atomic E-state index is 11.9. The van der Waals surface area contributed by atoms with Crippen LogP contribution in [0, 0.1) is 5.92 Å². The number of carbonyl (C=O) groups excluding carboxylic acids is 1. The number of fused-ring (bicyclic) bond motifs is 1. The van der Waals surface area contributed by atoms with E-state index in [1.165, 1.54) is 0 Å². The van der Waals surface area contributed by atoms with E-state index in [9.17, 15) is 4.79 Å². The molecule has 1 aliphatic heterocycles. The van der Waals surface area contributed by atoms with E-state index in [-0.39, 0.29) is 18.4 Å². The third kappa shape index (κ3) is 2.53. The molecule has 1 atom stereocenters. The molecule has 1 aliphatic rings. The van der Waals surface area contributed by atoms with Gasteiger partial charge in [0.1, 0.15) is 11.5 Å². The Kier molecular flexibility index (Phi) is 3.97. The summed E-state index contributed by atoms with van der Waals surface area (Å²) in [4.78, 5) is 13.6. The Morgan fingerprint density at radius 3 is 3.00 bits per heavy atom. The Morgan fingerprint density at radius 1 is 1.56 bits per heavy atom. The molecule has 1 heterocycles. The number of methoxy groups -OCH3 is 1. The zero-order valence-electron chi connectivity index (χ0n) is 10.5. The molecule has 1 aromatic carbocycles. The summed E-state index contributed by atoms with van der Waals surface area (Å²) in [6, 6.07) is 5.45. The van der Waals surface area contributed by atoms with Crippen LogP contribution in [0.25, 0.3) is 0 Å². The van der Waals surface area contributed by atoms with E-state index in [1.807, 2.05) is 25.1 Å². The van der Waals surface area contributed by atoms with E-state index in [4.69, 9.17) is 21.1 Å². The summed E-state index contributed by atoms with van der Waals surface area (Å²) in [7, 11) is 1.60. The summed E-state index contributed by atoms with van der Waals surface area (Å²) in [5.41, 5.74) is 0.752. The predicted molar refractivity (Wildman–Crippen MR) is 70.7 cm³/mol. The zero-order valence-corrected chi connectivity index (χ0v) is 11.2. The molecular formula is C13H16ClNO3. The van der Waals surface area contributed by atoms with E-state index >= 15 is 0 Å². The molecule has 0 saturated heterocycles. The highest BCUT2D eigenvalue weighted by Crippen LogP contribution is 2.35. The number of hydrogen-bond acceptors (Lipinski definition) is 3. The molecule has 98 valence electrons. The molecule has 5 heteroatoms. The number of rotatable bonds is 4. The molecule has 0 spiro atoms. The van der Waals surface area contributed by atoms with Crippen molar-refractivity contribution in [3.05, 3.63) is 18.2 Å². The van der Waals surface area contributed by atoms with Crippen LogP contribution in [0.2, 0.25) is 0 Å². The van der Waals surface area contributed by atoms with E-state index in [0.29, 0.717) is 23.9 Å². The molecule has 1 aromatic rings. The highest BCUT2D eigenvalue weighted by atomic mass is 35.5. The van der Waals surface area contributed by atoms with Crippen LogP contribution >= 0.6 is 11.6 Å². The molecule has 0 radical (unpaired) electrons. The number of ether oxygens (including phenoxy) is 2. The van der Waals surface area contributed by atoms with Crippen molar-refractivity contribution in [3.8, 4) is 11.5 Å². The van der Waals surface area contributed by atoms with Crippen molar-refractivity contribution in [1.29, 1.82) is 0 Å². The van der Waals surface area contributed by atoms with Gasteiger partial charge in [-0.05, 0) is 18.1 Å². The van der Waals surface area contributed by atoms with Crippen LogP contribution in [0.1, 0.15) is 6.92 Å². The molecule has 0 saturated carbocycles. The number of amides is 1. The molecule has 18 heavy (non-hydrogen) atoms. The molecule has 4 nitrogen and oxygen atoms in total. The number of benzene rings is 1. The van der Waals surface area contributed by atoms with Crippen molar-refractivity contribution in [1.82, 2.24) is 0 Å². The molecule has 0 aliphatic carbocycles. The standard InChI is InChI=1S/C13H16ClNO3/c1-9(6-14)7-15-11-5-10(17-2)3-4-12(11)18-8-13(15)16/h3-5,9H,6-8H2,1-2H3/t9-/m0/s1. The van der Waals surface area contributed by atoms with E-state index in [1.54, 1.807) is 12.0 Å². The van der Waals surface area contributed by atoms with Gasteiger partial charge < -0.3 is 14.4 Å². The average Bonchev–Trinajstić information content (AvgIpc) is 2.41. The van der Waals surface area contributed by atoms with Crippen molar-refractivity contribution in [2.24, 2.45) is 5.92 Å². The summed E-state index contributed by atoms with van der Waals surface area (Å²) in [5.74, 6) is 2.11. The van der Waals surface area contributed by atoms with Gasteiger partial charge in [-0.2, -0.15) is 0 Å². The van der Waals surface area contributed by atoms with Crippen molar-refractivity contribution >= 4 is 23.2 Å². The van der Waals surface area contributed by atoms with Gasteiger partial charge in [0, 0.05) is 18.5 Å². The Labute approximate surface area is 111 Å². The fourth-order valence-corrected chi connectivity index (χ4v) is 1.97. The lowest BCUT2D eigenvalue weighted by Crippen LogP contribution is -2.41. The third-order valence-electron chi connectivity index (χ3n) is 2.87. The Bertz CT molecular complexity index is 450. The fraction of sp³-hybridized carbons (Fsp3) is 0.462. The monoisotopic (exact) mass is 269 g/mol. The van der Waals surface area contributed by atoms with Gasteiger partial charge in [0.2, 0.25) is 0 Å². The minimum atomic E-state index is -0.0484. The highest BCUT2D eigenvalue weighted by Gasteiger charge is 2.27. The van der Waals surface area contributed by atoms with Gasteiger partial charge in [-0.3, -0.25) is 4.79 Å². The SMILES string of the molecule is COc1ccc2c(c1)N(C[C@@H](C)CCl)C(=O)CO2. The number of hydrogen-bond donors (Lipinski definition) is 0. The van der Waals surface area contributed by atoms with E-state index < -0.39 is 0 Å². The van der Waals surface area contributed by atoms with Gasteiger partial charge in [-0.1, -0.05) is 6.92 Å². The first-order valence-corrected chi connectivity index (χ1v) is 6.36. The zero-order chi connectivity index (χ0) is 13.1. The third-order valence-corrected chi connectivity index (χ3v) is 3.39. The Morgan fingerprint density at radius 2 is 2.33 bits per heavy atom. The smallest absolute Gasteiger partial charge is 0.265 e. The van der Waals surface area contributed by atoms with E-state index in [2.05, 4.69) is 0 Å². The molecule has 0 fully saturated rings. The lowest BCUT2D eigenvalue weighted by Gasteiger charge is -2.31. The summed E-state index contributed by atoms with van der Waals surface area (Å²) in [6.45, 7) is 2.68. The first-order chi connectivity index (χ1) is 8.65. The second-order valence-corrected chi connectivity index (χ2v) is 4.69. The second-order valence-electron chi connectivity index (χ2n) is 4.39. The molecule has 0 bridgehead atoms. The lowest BCUT2D eigenvalue weighted by atomic mass is 10.1.